The van der Waals surface area contributed by atoms with Crippen molar-refractivity contribution in [3.8, 4) is 11.5 Å². The summed E-state index contributed by atoms with van der Waals surface area (Å²) in [5, 5.41) is 11.6. The van der Waals surface area contributed by atoms with E-state index in [1.165, 1.54) is 12.1 Å². The molecule has 2 rings (SSSR count). The van der Waals surface area contributed by atoms with Crippen LogP contribution in [0.5, 0.6) is 11.5 Å². The van der Waals surface area contributed by atoms with Gasteiger partial charge in [0, 0.05) is 11.8 Å². The van der Waals surface area contributed by atoms with Gasteiger partial charge in [-0.05, 0) is 26.8 Å². The number of carbonyl (C=O) groups excluding carboxylic acids is 1. The molecule has 0 unspecified atom stereocenters. The van der Waals surface area contributed by atoms with Gasteiger partial charge in [0.25, 0.3) is 0 Å². The number of carboxylic acids is 1. The number of aromatic carboxylic acids is 1. The molecular weight excluding hydrogens is 266 g/mol. The Morgan fingerprint density at radius 2 is 2.00 bits per heavy atom. The minimum absolute atomic E-state index is 0.0501. The van der Waals surface area contributed by atoms with E-state index in [4.69, 9.17) is 19.3 Å². The van der Waals surface area contributed by atoms with E-state index in [0.717, 1.165) is 0 Å². The molecule has 0 aliphatic carbocycles. The molecule has 2 N–H and O–H groups in total. The number of amides is 1. The van der Waals surface area contributed by atoms with Crippen molar-refractivity contribution >= 4 is 17.7 Å². The molecule has 1 aliphatic heterocycles. The van der Waals surface area contributed by atoms with Gasteiger partial charge in [0.15, 0.2) is 11.5 Å². The van der Waals surface area contributed by atoms with Crippen LogP contribution in [0.2, 0.25) is 0 Å². The average Bonchev–Trinajstić information content (AvgIpc) is 2.72. The zero-order valence-electron chi connectivity index (χ0n) is 11.4. The summed E-state index contributed by atoms with van der Waals surface area (Å²) in [5.41, 5.74) is -0.456. The lowest BCUT2D eigenvalue weighted by Gasteiger charge is -2.19. The minimum atomic E-state index is -1.17. The molecule has 1 amide bonds. The highest BCUT2D eigenvalue weighted by Crippen LogP contribution is 2.38. The molecule has 20 heavy (non-hydrogen) atoms. The van der Waals surface area contributed by atoms with E-state index in [0.29, 0.717) is 0 Å². The highest BCUT2D eigenvalue weighted by Gasteiger charge is 2.24. The lowest BCUT2D eigenvalue weighted by Crippen LogP contribution is -2.27. The Balaban J connectivity index is 2.23. The summed E-state index contributed by atoms with van der Waals surface area (Å²) in [7, 11) is 0. The largest absolute Gasteiger partial charge is 0.478 e. The van der Waals surface area contributed by atoms with Crippen LogP contribution < -0.4 is 14.8 Å². The average molecular weight is 281 g/mol. The van der Waals surface area contributed by atoms with Crippen LogP contribution in [0.1, 0.15) is 31.1 Å². The predicted octanol–water partition coefficient (Wildman–Crippen LogP) is 2.46. The van der Waals surface area contributed by atoms with Gasteiger partial charge in [-0.2, -0.15) is 0 Å². The van der Waals surface area contributed by atoms with Crippen molar-refractivity contribution in [3.05, 3.63) is 17.7 Å². The van der Waals surface area contributed by atoms with Gasteiger partial charge in [-0.25, -0.2) is 9.59 Å². The molecule has 0 spiro atoms. The molecular formula is C13H15NO6. The third kappa shape index (κ3) is 3.11. The fraction of sp³-hybridized carbons (Fsp3) is 0.385. The normalized spacial score (nSPS) is 12.9. The Bertz CT molecular complexity index is 561. The van der Waals surface area contributed by atoms with Gasteiger partial charge < -0.3 is 19.3 Å². The smallest absolute Gasteiger partial charge is 0.412 e. The van der Waals surface area contributed by atoms with Crippen LogP contribution >= 0.6 is 0 Å². The number of ether oxygens (including phenoxy) is 3. The van der Waals surface area contributed by atoms with Gasteiger partial charge >= 0.3 is 12.1 Å². The number of hydrogen-bond donors (Lipinski definition) is 2. The maximum Gasteiger partial charge on any atom is 0.412 e. The van der Waals surface area contributed by atoms with Crippen LogP contribution in [0.25, 0.3) is 0 Å². The molecule has 0 fully saturated rings. The molecule has 7 heteroatoms. The molecule has 1 heterocycles. The second-order valence-corrected chi connectivity index (χ2v) is 5.19. The van der Waals surface area contributed by atoms with Crippen LogP contribution in [0.3, 0.4) is 0 Å². The number of carboxylic acid groups (broad SMARTS) is 1. The molecule has 1 aliphatic rings. The third-order valence-electron chi connectivity index (χ3n) is 2.35. The second-order valence-electron chi connectivity index (χ2n) is 5.19. The van der Waals surface area contributed by atoms with Gasteiger partial charge in [-0.15, -0.1) is 0 Å². The van der Waals surface area contributed by atoms with Gasteiger partial charge in [-0.3, -0.25) is 5.32 Å². The van der Waals surface area contributed by atoms with E-state index in [-0.39, 0.29) is 29.5 Å². The van der Waals surface area contributed by atoms with Crippen molar-refractivity contribution in [1.82, 2.24) is 0 Å². The first-order valence-corrected chi connectivity index (χ1v) is 5.93. The van der Waals surface area contributed by atoms with E-state index >= 15 is 0 Å². The zero-order chi connectivity index (χ0) is 14.9. The van der Waals surface area contributed by atoms with Gasteiger partial charge in [0.05, 0.1) is 0 Å². The summed E-state index contributed by atoms with van der Waals surface area (Å²) in [5.74, 6) is -0.734. The molecule has 0 atom stereocenters. The lowest BCUT2D eigenvalue weighted by molar-refractivity contribution is 0.0632. The number of benzene rings is 1. The number of anilines is 1. The Hall–Kier alpha value is -2.44. The first-order chi connectivity index (χ1) is 9.26. The van der Waals surface area contributed by atoms with Crippen LogP contribution in [0.15, 0.2) is 12.1 Å². The first-order valence-electron chi connectivity index (χ1n) is 5.93. The van der Waals surface area contributed by atoms with Crippen molar-refractivity contribution in [1.29, 1.82) is 0 Å². The summed E-state index contributed by atoms with van der Waals surface area (Å²) in [4.78, 5) is 22.8. The Labute approximate surface area is 115 Å². The van der Waals surface area contributed by atoms with Crippen molar-refractivity contribution in [3.63, 3.8) is 0 Å². The third-order valence-corrected chi connectivity index (χ3v) is 2.35. The van der Waals surface area contributed by atoms with Crippen LogP contribution in [-0.2, 0) is 4.74 Å². The Morgan fingerprint density at radius 3 is 2.60 bits per heavy atom. The number of carbonyl (C=O) groups is 2. The summed E-state index contributed by atoms with van der Waals surface area (Å²) in [6.45, 7) is 5.14. The topological polar surface area (TPSA) is 94.1 Å². The van der Waals surface area contributed by atoms with Crippen molar-refractivity contribution in [2.75, 3.05) is 12.1 Å². The van der Waals surface area contributed by atoms with Gasteiger partial charge in [-0.1, -0.05) is 0 Å². The van der Waals surface area contributed by atoms with E-state index in [1.54, 1.807) is 20.8 Å². The number of fused-ring (bicyclic) bond motifs is 1. The summed E-state index contributed by atoms with van der Waals surface area (Å²) < 4.78 is 15.3. The zero-order valence-corrected chi connectivity index (χ0v) is 11.4. The second kappa shape index (κ2) is 4.92. The maximum atomic E-state index is 11.7. The summed E-state index contributed by atoms with van der Waals surface area (Å²) in [6.07, 6.45) is -0.673. The van der Waals surface area contributed by atoms with Crippen molar-refractivity contribution in [2.24, 2.45) is 0 Å². The SMILES string of the molecule is CC(C)(C)OC(=O)Nc1cc2c(c(C(=O)O)c1)OCO2. The van der Waals surface area contributed by atoms with E-state index in [2.05, 4.69) is 5.32 Å². The molecule has 0 aromatic heterocycles. The van der Waals surface area contributed by atoms with Crippen LogP contribution in [0, 0.1) is 0 Å². The highest BCUT2D eigenvalue weighted by molar-refractivity contribution is 5.95. The minimum Gasteiger partial charge on any atom is -0.478 e. The fourth-order valence-electron chi connectivity index (χ4n) is 1.66. The standard InChI is InChI=1S/C13H15NO6/c1-13(2,3)20-12(17)14-7-4-8(11(15)16)10-9(5-7)18-6-19-10/h4-5H,6H2,1-3H3,(H,14,17)(H,15,16). The summed E-state index contributed by atoms with van der Waals surface area (Å²) >= 11 is 0. The van der Waals surface area contributed by atoms with Crippen LogP contribution in [0.4, 0.5) is 10.5 Å². The quantitative estimate of drug-likeness (QED) is 0.864. The number of rotatable bonds is 2. The molecule has 7 nitrogen and oxygen atoms in total. The molecule has 0 radical (unpaired) electrons. The molecule has 108 valence electrons. The maximum absolute atomic E-state index is 11.7. The number of hydrogen-bond acceptors (Lipinski definition) is 5. The highest BCUT2D eigenvalue weighted by atomic mass is 16.7. The molecule has 0 bridgehead atoms. The monoisotopic (exact) mass is 281 g/mol. The van der Waals surface area contributed by atoms with E-state index in [9.17, 15) is 9.59 Å². The van der Waals surface area contributed by atoms with E-state index < -0.39 is 17.7 Å². The van der Waals surface area contributed by atoms with Crippen molar-refractivity contribution < 1.29 is 28.9 Å². The van der Waals surface area contributed by atoms with Gasteiger partial charge in [0.1, 0.15) is 11.2 Å². The number of nitrogens with one attached hydrogen (secondary N) is 1. The Kier molecular flexibility index (Phi) is 3.44. The predicted molar refractivity (Wildman–Crippen MR) is 69.4 cm³/mol. The van der Waals surface area contributed by atoms with E-state index in [1.807, 2.05) is 0 Å². The summed E-state index contributed by atoms with van der Waals surface area (Å²) in [6, 6.07) is 2.78. The van der Waals surface area contributed by atoms with Crippen molar-refractivity contribution in [2.45, 2.75) is 26.4 Å². The fourth-order valence-corrected chi connectivity index (χ4v) is 1.66. The Morgan fingerprint density at radius 1 is 1.30 bits per heavy atom. The lowest BCUT2D eigenvalue weighted by atomic mass is 10.1. The van der Waals surface area contributed by atoms with Crippen LogP contribution in [-0.4, -0.2) is 29.6 Å². The molecule has 0 saturated heterocycles. The van der Waals surface area contributed by atoms with Gasteiger partial charge in [0.2, 0.25) is 6.79 Å². The molecule has 1 aromatic carbocycles. The molecule has 0 saturated carbocycles. The first kappa shape index (κ1) is 14.0. The molecule has 1 aromatic rings.